The Morgan fingerprint density at radius 3 is 1.46 bits per heavy atom. The number of benzene rings is 8. The highest BCUT2D eigenvalue weighted by Gasteiger charge is 2.53. The molecule has 3 aliphatic rings. The fourth-order valence-electron chi connectivity index (χ4n) is 14.9. The third kappa shape index (κ3) is 16.5. The molecule has 121 heavy (non-hydrogen) atoms. The number of nitrogens with zero attached hydrogens (tertiary/aromatic N) is 3. The van der Waals surface area contributed by atoms with Crippen LogP contribution in [-0.2, 0) is 85.0 Å². The van der Waals surface area contributed by atoms with Crippen molar-refractivity contribution in [1.82, 2.24) is 4.48 Å². The summed E-state index contributed by atoms with van der Waals surface area (Å²) in [6, 6.07) is 9.91. The van der Waals surface area contributed by atoms with Gasteiger partial charge in [0.2, 0.25) is 0 Å². The van der Waals surface area contributed by atoms with E-state index in [0.717, 1.165) is 71.1 Å². The van der Waals surface area contributed by atoms with Crippen LogP contribution in [0.3, 0.4) is 0 Å². The Balaban J connectivity index is 1.07. The van der Waals surface area contributed by atoms with E-state index in [1.807, 2.05) is 0 Å². The first kappa shape index (κ1) is 87.9. The summed E-state index contributed by atoms with van der Waals surface area (Å²) in [5.74, 6) is -7.76. The first-order valence-corrected chi connectivity index (χ1v) is 35.3. The molecule has 0 radical (unpaired) electrons. The molecule has 0 fully saturated rings. The van der Waals surface area contributed by atoms with Gasteiger partial charge in [-0.25, -0.2) is 9.59 Å². The predicted octanol–water partition coefficient (Wildman–Crippen LogP) is 23.6. The van der Waals surface area contributed by atoms with E-state index >= 15 is 61.8 Å². The molecular formula is C83H53BF25N3O9. The lowest BCUT2D eigenvalue weighted by Crippen LogP contribution is -2.31. The number of aldehydes is 1. The third-order valence-corrected chi connectivity index (χ3v) is 20.2. The lowest BCUT2D eigenvalue weighted by atomic mass is 9.65. The van der Waals surface area contributed by atoms with Gasteiger partial charge in [0.1, 0.15) is 17.3 Å². The smallest absolute Gasteiger partial charge is 0.448 e. The average molecular weight is 1720 g/mol. The summed E-state index contributed by atoms with van der Waals surface area (Å²) in [5.41, 5.74) is -35.9. The van der Waals surface area contributed by atoms with E-state index in [1.165, 1.54) is 32.0 Å². The van der Waals surface area contributed by atoms with Gasteiger partial charge < -0.3 is 32.6 Å². The molecule has 0 saturated carbocycles. The van der Waals surface area contributed by atoms with Crippen LogP contribution in [0.2, 0.25) is 0 Å². The number of allylic oxidation sites excluding steroid dienone is 5. The van der Waals surface area contributed by atoms with Crippen LogP contribution in [0.4, 0.5) is 115 Å². The van der Waals surface area contributed by atoms with E-state index in [9.17, 15) is 71.9 Å². The van der Waals surface area contributed by atoms with Gasteiger partial charge in [-0.2, -0.15) is 105 Å². The Morgan fingerprint density at radius 1 is 0.545 bits per heavy atom. The molecule has 1 aliphatic carbocycles. The van der Waals surface area contributed by atoms with Crippen LogP contribution < -0.4 is 9.64 Å². The quantitative estimate of drug-likeness (QED) is 0.0286. The summed E-state index contributed by atoms with van der Waals surface area (Å²) in [7, 11) is -0.873. The number of alkyl halides is 24. The highest BCUT2D eigenvalue weighted by atomic mass is 19.4. The van der Waals surface area contributed by atoms with E-state index < -0.39 is 285 Å². The second-order valence-corrected chi connectivity index (χ2v) is 27.8. The molecule has 12 rings (SSSR count). The fraction of sp³-hybridized carbons (Fsp3) is 0.229. The van der Waals surface area contributed by atoms with Crippen molar-refractivity contribution in [1.29, 1.82) is 0 Å². The van der Waals surface area contributed by atoms with Gasteiger partial charge in [0.05, 0.1) is 92.1 Å². The summed E-state index contributed by atoms with van der Waals surface area (Å²) >= 11 is 0. The third-order valence-electron chi connectivity index (χ3n) is 20.2. The average Bonchev–Trinajstić information content (AvgIpc) is 1.41. The molecule has 12 nitrogen and oxygen atoms in total. The van der Waals surface area contributed by atoms with Gasteiger partial charge in [0.25, 0.3) is 5.91 Å². The minimum absolute atomic E-state index is 0.00690. The predicted molar refractivity (Wildman–Crippen MR) is 388 cm³/mol. The molecule has 1 aromatic heterocycles. The number of ether oxygens (including phenoxy) is 4. The molecule has 0 bridgehead atoms. The molecule has 632 valence electrons. The van der Waals surface area contributed by atoms with E-state index in [1.54, 1.807) is 0 Å². The van der Waals surface area contributed by atoms with Gasteiger partial charge in [-0.3, -0.25) is 19.4 Å². The number of hydrogen-bond acceptors (Lipinski definition) is 10. The Bertz CT molecular complexity index is 5880. The van der Waals surface area contributed by atoms with Crippen LogP contribution in [-0.4, -0.2) is 68.2 Å². The van der Waals surface area contributed by atoms with E-state index in [2.05, 4.69) is 4.99 Å². The first-order chi connectivity index (χ1) is 56.1. The Kier molecular flexibility index (Phi) is 22.5. The van der Waals surface area contributed by atoms with Crippen LogP contribution in [0, 0.1) is 13.8 Å². The maximum atomic E-state index is 16.4. The Hall–Kier alpha value is -12.4. The number of hydrogen-bond donors (Lipinski definition) is 0. The van der Waals surface area contributed by atoms with Crippen LogP contribution >= 0.6 is 0 Å². The topological polar surface area (TPSA) is 143 Å². The van der Waals surface area contributed by atoms with Crippen LogP contribution in [0.1, 0.15) is 137 Å². The molecule has 0 saturated heterocycles. The SMILES string of the molecule is CCOC(=O)C1=C(C)/C(=C(/c2c(C)c(C(=O)OCC)c(C)n2BF)C2(c3cc(C(F)(F)F)cc(C(F)(F)F)c3)C=C(OC(=O)Cc3ccc(N(C)C(=O)c4cc(-c5cc(C(F)(F)F)cc(C(F)(F)F)c5)c5c6c(c(-c7cc(C(F)(F)F)cc(C(F)(F)F)c7)cc(C=O)c46)-c4ccccc4O5)cc3)C=C2c2cc(C(F)(F)F)cc(C(F)(F)F)c2)N=C1C. The van der Waals surface area contributed by atoms with Gasteiger partial charge in [0, 0.05) is 68.3 Å². The van der Waals surface area contributed by atoms with Gasteiger partial charge in [-0.15, -0.1) is 0 Å². The van der Waals surface area contributed by atoms with Crippen molar-refractivity contribution in [3.63, 3.8) is 0 Å². The van der Waals surface area contributed by atoms with Crippen LogP contribution in [0.5, 0.6) is 11.5 Å². The molecule has 9 aromatic rings. The standard InChI is InChI=1S/C83H53BF25N3O9/c1-8-118-73(116)63-36(3)69(110-38(63)5)68(70-37(4)64(74(117)119-9-2)39(6)112(70)84-109)75(45-26-52(82(103,104)105)31-53(27-45)83(106,107)108)34-55(32-60(75)43-23-50(80(97,98)99)30-51(24-43)81(100,101)102)120-62(114)18-40-14-16-54(17-15-40)111(7)72(115)59-33-58(42-21-48(78(91,92)93)29-49(22-42)79(94,95)96)71-67-65(59)44(35-113)25-57(66(67)56-12-10-11-13-61(56)121-71)41-19-46(76(85,86)87)28-47(20-41)77(88,89)90/h10-17,19-35,84H,8-9,18H2,1-7H3/b69-68+. The molecule has 1 unspecified atom stereocenters. The van der Waals surface area contributed by atoms with Crippen molar-refractivity contribution in [3.05, 3.63) is 263 Å². The molecule has 8 aromatic carbocycles. The van der Waals surface area contributed by atoms with Gasteiger partial charge in [0.15, 0.2) is 6.29 Å². The summed E-state index contributed by atoms with van der Waals surface area (Å²) in [6.45, 7) is 6.09. The van der Waals surface area contributed by atoms with E-state index in [0.29, 0.717) is 27.6 Å². The van der Waals surface area contributed by atoms with Crippen molar-refractivity contribution >= 4 is 71.1 Å². The number of aliphatic imine (C=N–C) groups is 1. The normalized spacial score (nSPS) is 15.7. The second kappa shape index (κ2) is 31.0. The number of anilines is 1. The Labute approximate surface area is 666 Å². The lowest BCUT2D eigenvalue weighted by Gasteiger charge is -2.37. The number of para-hydroxylation sites is 1. The Morgan fingerprint density at radius 2 is 1.00 bits per heavy atom. The minimum Gasteiger partial charge on any atom is -0.462 e. The minimum atomic E-state index is -5.86. The van der Waals surface area contributed by atoms with Gasteiger partial charge in [-0.1, -0.05) is 30.3 Å². The maximum absolute atomic E-state index is 16.4. The van der Waals surface area contributed by atoms with E-state index in [-0.39, 0.29) is 95.2 Å². The zero-order chi connectivity index (χ0) is 89.2. The van der Waals surface area contributed by atoms with Crippen molar-refractivity contribution < 1.29 is 153 Å². The number of rotatable bonds is 17. The monoisotopic (exact) mass is 1720 g/mol. The number of amides is 1. The van der Waals surface area contributed by atoms with Gasteiger partial charge >= 0.3 is 75.0 Å². The zero-order valence-electron chi connectivity index (χ0n) is 62.7. The van der Waals surface area contributed by atoms with E-state index in [4.69, 9.17) is 18.9 Å². The molecule has 3 heterocycles. The van der Waals surface area contributed by atoms with Crippen molar-refractivity contribution in [2.24, 2.45) is 4.99 Å². The largest absolute Gasteiger partial charge is 0.462 e. The number of carbonyl (C=O) groups excluding carboxylic acids is 5. The van der Waals surface area contributed by atoms with Crippen LogP contribution in [0.25, 0.3) is 55.3 Å². The maximum Gasteiger partial charge on any atom is 0.448 e. The molecule has 0 spiro atoms. The molecule has 1 atom stereocenters. The zero-order valence-corrected chi connectivity index (χ0v) is 62.7. The number of halogens is 25. The van der Waals surface area contributed by atoms with Crippen molar-refractivity contribution in [2.75, 3.05) is 25.2 Å². The molecule has 0 N–H and O–H groups in total. The highest BCUT2D eigenvalue weighted by molar-refractivity contribution is 6.28. The van der Waals surface area contributed by atoms with Crippen LogP contribution in [0.15, 0.2) is 173 Å². The lowest BCUT2D eigenvalue weighted by molar-refractivity contribution is -0.144. The summed E-state index contributed by atoms with van der Waals surface area (Å²) in [6.07, 6.45) is -45.8. The summed E-state index contributed by atoms with van der Waals surface area (Å²) < 4.78 is 401. The van der Waals surface area contributed by atoms with Gasteiger partial charge in [-0.05, 0) is 207 Å². The second-order valence-electron chi connectivity index (χ2n) is 27.8. The molecule has 2 aliphatic heterocycles. The molecule has 1 amide bonds. The first-order valence-electron chi connectivity index (χ1n) is 35.3. The number of aromatic nitrogens is 1. The van der Waals surface area contributed by atoms with Crippen molar-refractivity contribution in [3.8, 4) is 44.9 Å². The number of esters is 3. The molecular weight excluding hydrogens is 1670 g/mol. The highest BCUT2D eigenvalue weighted by Crippen LogP contribution is 2.61. The number of fused-ring (bicyclic) bond motifs is 2. The fourth-order valence-corrected chi connectivity index (χ4v) is 14.9. The molecule has 38 heteroatoms. The summed E-state index contributed by atoms with van der Waals surface area (Å²) in [4.78, 5) is 77.1. The number of carbonyl (C=O) groups is 5. The summed E-state index contributed by atoms with van der Waals surface area (Å²) in [5, 5.41) is -1.27. The van der Waals surface area contributed by atoms with Crippen molar-refractivity contribution in [2.45, 2.75) is 103 Å².